The summed E-state index contributed by atoms with van der Waals surface area (Å²) < 4.78 is 28.6. The lowest BCUT2D eigenvalue weighted by molar-refractivity contribution is 0.205. The van der Waals surface area contributed by atoms with Crippen LogP contribution < -0.4 is 5.32 Å². The van der Waals surface area contributed by atoms with E-state index in [1.807, 2.05) is 12.1 Å². The highest BCUT2D eigenvalue weighted by molar-refractivity contribution is 7.89. The van der Waals surface area contributed by atoms with Gasteiger partial charge in [0, 0.05) is 12.6 Å². The summed E-state index contributed by atoms with van der Waals surface area (Å²) in [5.74, 6) is 0. The summed E-state index contributed by atoms with van der Waals surface area (Å²) in [5.41, 5.74) is 1.17. The van der Waals surface area contributed by atoms with Crippen LogP contribution in [0.3, 0.4) is 0 Å². The fourth-order valence-corrected chi connectivity index (χ4v) is 5.98. The van der Waals surface area contributed by atoms with Crippen LogP contribution in [0.2, 0.25) is 0 Å². The maximum absolute atomic E-state index is 13.4. The van der Waals surface area contributed by atoms with Crippen molar-refractivity contribution in [2.75, 3.05) is 39.3 Å². The van der Waals surface area contributed by atoms with Gasteiger partial charge >= 0.3 is 0 Å². The van der Waals surface area contributed by atoms with Crippen LogP contribution in [0.5, 0.6) is 0 Å². The van der Waals surface area contributed by atoms with Crippen LogP contribution in [-0.2, 0) is 16.4 Å². The van der Waals surface area contributed by atoms with E-state index in [1.165, 1.54) is 37.9 Å². The molecular weight excluding hydrogens is 358 g/mol. The molecule has 0 aromatic heterocycles. The van der Waals surface area contributed by atoms with Crippen molar-refractivity contribution in [3.63, 3.8) is 0 Å². The van der Waals surface area contributed by atoms with Crippen molar-refractivity contribution < 1.29 is 8.42 Å². The van der Waals surface area contributed by atoms with Crippen LogP contribution >= 0.6 is 0 Å². The number of nitrogens with one attached hydrogen (secondary N) is 1. The molecule has 0 spiro atoms. The number of aryl methyl sites for hydroxylation is 1. The minimum Gasteiger partial charge on any atom is -0.317 e. The van der Waals surface area contributed by atoms with Crippen LogP contribution in [0.25, 0.3) is 0 Å². The van der Waals surface area contributed by atoms with E-state index in [-0.39, 0.29) is 6.04 Å². The van der Waals surface area contributed by atoms with Gasteiger partial charge in [0.1, 0.15) is 0 Å². The summed E-state index contributed by atoms with van der Waals surface area (Å²) in [6.07, 6.45) is 7.52. The molecule has 0 saturated carbocycles. The van der Waals surface area contributed by atoms with Crippen molar-refractivity contribution in [1.29, 1.82) is 0 Å². The first-order valence-corrected chi connectivity index (χ1v) is 12.1. The van der Waals surface area contributed by atoms with E-state index in [1.54, 1.807) is 16.4 Å². The maximum Gasteiger partial charge on any atom is 0.243 e. The van der Waals surface area contributed by atoms with Gasteiger partial charge in [-0.25, -0.2) is 8.42 Å². The van der Waals surface area contributed by atoms with Crippen molar-refractivity contribution >= 4 is 10.0 Å². The summed E-state index contributed by atoms with van der Waals surface area (Å²) in [5, 5.41) is 3.35. The van der Waals surface area contributed by atoms with Gasteiger partial charge in [-0.15, -0.1) is 0 Å². The zero-order valence-corrected chi connectivity index (χ0v) is 17.5. The molecule has 6 heteroatoms. The topological polar surface area (TPSA) is 52.7 Å². The summed E-state index contributed by atoms with van der Waals surface area (Å²) >= 11 is 0. The number of nitrogens with zero attached hydrogens (tertiary/aromatic N) is 2. The summed E-state index contributed by atoms with van der Waals surface area (Å²) in [6, 6.07) is 7.57. The fourth-order valence-electron chi connectivity index (χ4n) is 4.26. The van der Waals surface area contributed by atoms with Gasteiger partial charge in [-0.1, -0.05) is 25.5 Å². The number of likely N-dealkylation sites (tertiary alicyclic amines) is 1. The molecule has 2 aliphatic rings. The number of sulfonamides is 1. The Bertz CT molecular complexity index is 663. The van der Waals surface area contributed by atoms with Gasteiger partial charge in [0.05, 0.1) is 4.90 Å². The fraction of sp³-hybridized carbons (Fsp3) is 0.714. The second-order valence-corrected chi connectivity index (χ2v) is 9.74. The molecule has 152 valence electrons. The Hall–Kier alpha value is -0.950. The highest BCUT2D eigenvalue weighted by atomic mass is 32.2. The SMILES string of the molecule is CCc1ccc(S(=O)(=O)N(CCCN2CCCCC2)C2CCNCC2)cc1. The van der Waals surface area contributed by atoms with Crippen LogP contribution in [0.1, 0.15) is 51.0 Å². The number of rotatable bonds is 8. The Morgan fingerprint density at radius 2 is 1.74 bits per heavy atom. The molecule has 0 aliphatic carbocycles. The van der Waals surface area contributed by atoms with Crippen LogP contribution in [0.4, 0.5) is 0 Å². The van der Waals surface area contributed by atoms with Crippen molar-refractivity contribution in [1.82, 2.24) is 14.5 Å². The Morgan fingerprint density at radius 1 is 1.07 bits per heavy atom. The molecule has 1 aromatic rings. The minimum atomic E-state index is -3.44. The third kappa shape index (κ3) is 5.53. The molecule has 2 aliphatic heterocycles. The van der Waals surface area contributed by atoms with Crippen molar-refractivity contribution in [2.24, 2.45) is 0 Å². The molecule has 5 nitrogen and oxygen atoms in total. The highest BCUT2D eigenvalue weighted by Gasteiger charge is 2.32. The second-order valence-electron chi connectivity index (χ2n) is 7.85. The van der Waals surface area contributed by atoms with Gasteiger partial charge in [-0.3, -0.25) is 0 Å². The third-order valence-electron chi connectivity index (χ3n) is 5.96. The van der Waals surface area contributed by atoms with E-state index in [0.29, 0.717) is 11.4 Å². The van der Waals surface area contributed by atoms with Crippen LogP contribution in [0, 0.1) is 0 Å². The lowest BCUT2D eigenvalue weighted by atomic mass is 10.1. The van der Waals surface area contributed by atoms with E-state index < -0.39 is 10.0 Å². The summed E-state index contributed by atoms with van der Waals surface area (Å²) in [7, 11) is -3.44. The molecule has 2 fully saturated rings. The number of piperidine rings is 2. The first-order valence-electron chi connectivity index (χ1n) is 10.6. The molecule has 0 amide bonds. The lowest BCUT2D eigenvalue weighted by Gasteiger charge is -2.34. The molecule has 1 aromatic carbocycles. The standard InChI is InChI=1S/C21H35N3O2S/c1-2-19-7-9-21(10-8-19)27(25,26)24(20-11-13-22-14-12-20)18-6-17-23-15-4-3-5-16-23/h7-10,20,22H,2-6,11-18H2,1H3. The van der Waals surface area contributed by atoms with E-state index in [9.17, 15) is 8.42 Å². The molecular formula is C21H35N3O2S. The van der Waals surface area contributed by atoms with Crippen LogP contribution in [0.15, 0.2) is 29.2 Å². The molecule has 1 N–H and O–H groups in total. The van der Waals surface area contributed by atoms with Crippen LogP contribution in [-0.4, -0.2) is 62.9 Å². The number of hydrogen-bond acceptors (Lipinski definition) is 4. The predicted octanol–water partition coefficient (Wildman–Crippen LogP) is 2.87. The molecule has 2 heterocycles. The van der Waals surface area contributed by atoms with Gasteiger partial charge in [-0.05, 0) is 88.9 Å². The van der Waals surface area contributed by atoms with E-state index in [4.69, 9.17) is 0 Å². The molecule has 3 rings (SSSR count). The lowest BCUT2D eigenvalue weighted by Crippen LogP contribution is -2.47. The molecule has 0 bridgehead atoms. The van der Waals surface area contributed by atoms with Gasteiger partial charge in [0.2, 0.25) is 10.0 Å². The minimum absolute atomic E-state index is 0.114. The predicted molar refractivity (Wildman–Crippen MR) is 111 cm³/mol. The van der Waals surface area contributed by atoms with Crippen molar-refractivity contribution in [3.05, 3.63) is 29.8 Å². The Kier molecular flexibility index (Phi) is 7.70. The van der Waals surface area contributed by atoms with Crippen molar-refractivity contribution in [3.8, 4) is 0 Å². The van der Waals surface area contributed by atoms with E-state index >= 15 is 0 Å². The van der Waals surface area contributed by atoms with E-state index in [0.717, 1.165) is 45.3 Å². The third-order valence-corrected chi connectivity index (χ3v) is 7.92. The smallest absolute Gasteiger partial charge is 0.243 e. The van der Waals surface area contributed by atoms with Gasteiger partial charge in [0.15, 0.2) is 0 Å². The quantitative estimate of drug-likeness (QED) is 0.738. The molecule has 0 atom stereocenters. The summed E-state index contributed by atoms with van der Waals surface area (Å²) in [6.45, 7) is 7.85. The van der Waals surface area contributed by atoms with Gasteiger partial charge in [-0.2, -0.15) is 4.31 Å². The molecule has 0 radical (unpaired) electrons. The van der Waals surface area contributed by atoms with Crippen molar-refractivity contribution in [2.45, 2.75) is 62.8 Å². The zero-order valence-electron chi connectivity index (χ0n) is 16.7. The summed E-state index contributed by atoms with van der Waals surface area (Å²) in [4.78, 5) is 2.93. The largest absolute Gasteiger partial charge is 0.317 e. The molecule has 27 heavy (non-hydrogen) atoms. The molecule has 2 saturated heterocycles. The van der Waals surface area contributed by atoms with E-state index in [2.05, 4.69) is 17.1 Å². The average Bonchev–Trinajstić information content (AvgIpc) is 2.72. The highest BCUT2D eigenvalue weighted by Crippen LogP contribution is 2.24. The number of hydrogen-bond donors (Lipinski definition) is 1. The first-order chi connectivity index (χ1) is 13.1. The normalized spacial score (nSPS) is 20.2. The Balaban J connectivity index is 1.71. The number of benzene rings is 1. The monoisotopic (exact) mass is 393 g/mol. The Morgan fingerprint density at radius 3 is 2.37 bits per heavy atom. The molecule has 0 unspecified atom stereocenters. The van der Waals surface area contributed by atoms with Gasteiger partial charge in [0.25, 0.3) is 0 Å². The zero-order chi connectivity index (χ0) is 19.1. The van der Waals surface area contributed by atoms with Gasteiger partial charge < -0.3 is 10.2 Å². The Labute approximate surface area is 165 Å². The first kappa shape index (κ1) is 20.8. The average molecular weight is 394 g/mol. The maximum atomic E-state index is 13.4. The second kappa shape index (κ2) is 10.0.